The van der Waals surface area contributed by atoms with Gasteiger partial charge in [-0.05, 0) is 55.5 Å². The molecule has 0 bridgehead atoms. The number of hydrogen-bond donors (Lipinski definition) is 1. The largest absolute Gasteiger partial charge is 0.313 e. The molecule has 2 nitrogen and oxygen atoms in total. The molecule has 0 saturated carbocycles. The van der Waals surface area contributed by atoms with E-state index in [1.165, 1.54) is 16.0 Å². The van der Waals surface area contributed by atoms with E-state index in [1.807, 2.05) is 11.3 Å². The summed E-state index contributed by atoms with van der Waals surface area (Å²) in [5.74, 6) is 0.429. The second-order valence-electron chi connectivity index (χ2n) is 5.58. The molecule has 1 aromatic heterocycles. The summed E-state index contributed by atoms with van der Waals surface area (Å²) in [4.78, 5) is 13.3. The first-order valence-corrected chi connectivity index (χ1v) is 8.21. The van der Waals surface area contributed by atoms with Crippen LogP contribution in [0.15, 0.2) is 28.7 Å². The molecule has 1 atom stereocenters. The third kappa shape index (κ3) is 3.15. The molecule has 19 heavy (non-hydrogen) atoms. The van der Waals surface area contributed by atoms with Gasteiger partial charge in [-0.1, -0.05) is 11.6 Å². The van der Waals surface area contributed by atoms with Crippen LogP contribution in [0.3, 0.4) is 0 Å². The standard InChI is InChI=1S/C16H21NOS/c18-16-5-1-3-12-11-13(6-7-15(12)16)17-9-8-14-4-2-10-19-14/h2,4,10,13,17H,1,3,5-9,11H2/t13-/m1/s1. The van der Waals surface area contributed by atoms with Crippen molar-refractivity contribution < 1.29 is 4.79 Å². The zero-order chi connectivity index (χ0) is 13.1. The molecule has 3 rings (SSSR count). The van der Waals surface area contributed by atoms with E-state index in [0.29, 0.717) is 11.8 Å². The van der Waals surface area contributed by atoms with Gasteiger partial charge in [0.15, 0.2) is 5.78 Å². The summed E-state index contributed by atoms with van der Waals surface area (Å²) in [6, 6.07) is 4.91. The van der Waals surface area contributed by atoms with Crippen molar-refractivity contribution in [2.24, 2.45) is 0 Å². The molecule has 0 unspecified atom stereocenters. The number of nitrogens with one attached hydrogen (secondary N) is 1. The van der Waals surface area contributed by atoms with Gasteiger partial charge < -0.3 is 5.32 Å². The average molecular weight is 275 g/mol. The van der Waals surface area contributed by atoms with Crippen LogP contribution in [0.2, 0.25) is 0 Å². The first kappa shape index (κ1) is 13.1. The lowest BCUT2D eigenvalue weighted by molar-refractivity contribution is -0.116. The molecular formula is C16H21NOS. The quantitative estimate of drug-likeness (QED) is 0.911. The van der Waals surface area contributed by atoms with Crippen molar-refractivity contribution in [1.82, 2.24) is 5.32 Å². The Kier molecular flexibility index (Phi) is 4.14. The van der Waals surface area contributed by atoms with Gasteiger partial charge in [0.05, 0.1) is 0 Å². The molecule has 0 fully saturated rings. The van der Waals surface area contributed by atoms with Crippen molar-refractivity contribution in [1.29, 1.82) is 0 Å². The highest BCUT2D eigenvalue weighted by atomic mass is 32.1. The van der Waals surface area contributed by atoms with E-state index in [1.54, 1.807) is 0 Å². The lowest BCUT2D eigenvalue weighted by atomic mass is 9.79. The maximum absolute atomic E-state index is 11.8. The number of carbonyl (C=O) groups excluding carboxylic acids is 1. The van der Waals surface area contributed by atoms with Gasteiger partial charge in [-0.25, -0.2) is 0 Å². The lowest BCUT2D eigenvalue weighted by Gasteiger charge is -2.30. The molecule has 102 valence electrons. The van der Waals surface area contributed by atoms with Crippen LogP contribution in [0, 0.1) is 0 Å². The van der Waals surface area contributed by atoms with Crippen LogP contribution in [0.4, 0.5) is 0 Å². The summed E-state index contributed by atoms with van der Waals surface area (Å²) < 4.78 is 0. The van der Waals surface area contributed by atoms with E-state index < -0.39 is 0 Å². The number of carbonyl (C=O) groups is 1. The monoisotopic (exact) mass is 275 g/mol. The van der Waals surface area contributed by atoms with Crippen molar-refractivity contribution >= 4 is 17.1 Å². The lowest BCUT2D eigenvalue weighted by Crippen LogP contribution is -2.35. The number of allylic oxidation sites excluding steroid dienone is 1. The highest BCUT2D eigenvalue weighted by Gasteiger charge is 2.26. The van der Waals surface area contributed by atoms with E-state index in [2.05, 4.69) is 22.8 Å². The van der Waals surface area contributed by atoms with E-state index >= 15 is 0 Å². The van der Waals surface area contributed by atoms with Crippen LogP contribution >= 0.6 is 11.3 Å². The third-order valence-electron chi connectivity index (χ3n) is 4.27. The van der Waals surface area contributed by atoms with Gasteiger partial charge in [-0.2, -0.15) is 0 Å². The number of rotatable bonds is 4. The summed E-state index contributed by atoms with van der Waals surface area (Å²) >= 11 is 1.83. The molecule has 2 aliphatic carbocycles. The molecule has 1 heterocycles. The Labute approximate surface area is 118 Å². The Bertz CT molecular complexity index is 475. The molecule has 1 aromatic rings. The maximum atomic E-state index is 11.8. The molecule has 0 aromatic carbocycles. The Hall–Kier alpha value is -0.930. The first-order chi connectivity index (χ1) is 9.33. The van der Waals surface area contributed by atoms with Gasteiger partial charge in [0.1, 0.15) is 0 Å². The normalized spacial score (nSPS) is 23.6. The Morgan fingerprint density at radius 3 is 3.11 bits per heavy atom. The molecule has 0 saturated heterocycles. The predicted octanol–water partition coefficient (Wildman–Crippen LogP) is 3.48. The molecule has 0 amide bonds. The summed E-state index contributed by atoms with van der Waals surface area (Å²) in [6.45, 7) is 1.06. The first-order valence-electron chi connectivity index (χ1n) is 7.33. The molecule has 0 radical (unpaired) electrons. The van der Waals surface area contributed by atoms with Crippen LogP contribution < -0.4 is 5.32 Å². The van der Waals surface area contributed by atoms with Gasteiger partial charge in [-0.15, -0.1) is 11.3 Å². The fraction of sp³-hybridized carbons (Fsp3) is 0.562. The molecule has 0 aliphatic heterocycles. The number of Topliss-reactive ketones (excluding diaryl/α,β-unsaturated/α-hetero) is 1. The minimum absolute atomic E-state index is 0.429. The molecule has 0 spiro atoms. The average Bonchev–Trinajstić information content (AvgIpc) is 2.92. The molecule has 2 aliphatic rings. The number of hydrogen-bond acceptors (Lipinski definition) is 3. The van der Waals surface area contributed by atoms with Crippen LogP contribution in [0.1, 0.15) is 43.4 Å². The second-order valence-corrected chi connectivity index (χ2v) is 6.61. The minimum atomic E-state index is 0.429. The third-order valence-corrected chi connectivity index (χ3v) is 5.20. The molecular weight excluding hydrogens is 254 g/mol. The van der Waals surface area contributed by atoms with Crippen molar-refractivity contribution in [2.75, 3.05) is 6.54 Å². The predicted molar refractivity (Wildman–Crippen MR) is 79.5 cm³/mol. The summed E-state index contributed by atoms with van der Waals surface area (Å²) in [7, 11) is 0. The zero-order valence-electron chi connectivity index (χ0n) is 11.3. The summed E-state index contributed by atoms with van der Waals surface area (Å²) in [5, 5.41) is 5.81. The summed E-state index contributed by atoms with van der Waals surface area (Å²) in [6.07, 6.45) is 7.38. The highest BCUT2D eigenvalue weighted by molar-refractivity contribution is 7.09. The Morgan fingerprint density at radius 2 is 2.26 bits per heavy atom. The van der Waals surface area contributed by atoms with Crippen LogP contribution in [-0.4, -0.2) is 18.4 Å². The van der Waals surface area contributed by atoms with Crippen LogP contribution in [-0.2, 0) is 11.2 Å². The van der Waals surface area contributed by atoms with Crippen LogP contribution in [0.25, 0.3) is 0 Å². The van der Waals surface area contributed by atoms with E-state index in [9.17, 15) is 4.79 Å². The van der Waals surface area contributed by atoms with Crippen molar-refractivity contribution in [3.8, 4) is 0 Å². The van der Waals surface area contributed by atoms with Gasteiger partial charge in [0.25, 0.3) is 0 Å². The fourth-order valence-electron chi connectivity index (χ4n) is 3.25. The Morgan fingerprint density at radius 1 is 1.32 bits per heavy atom. The topological polar surface area (TPSA) is 29.1 Å². The smallest absolute Gasteiger partial charge is 0.158 e. The minimum Gasteiger partial charge on any atom is -0.313 e. The summed E-state index contributed by atoms with van der Waals surface area (Å²) in [5.41, 5.74) is 2.64. The molecule has 3 heteroatoms. The second kappa shape index (κ2) is 6.02. The highest BCUT2D eigenvalue weighted by Crippen LogP contribution is 2.33. The fourth-order valence-corrected chi connectivity index (χ4v) is 3.96. The zero-order valence-corrected chi connectivity index (χ0v) is 12.1. The van der Waals surface area contributed by atoms with Gasteiger partial charge in [0.2, 0.25) is 0 Å². The number of ketones is 1. The van der Waals surface area contributed by atoms with Crippen molar-refractivity contribution in [3.63, 3.8) is 0 Å². The Balaban J connectivity index is 1.50. The maximum Gasteiger partial charge on any atom is 0.158 e. The molecule has 1 N–H and O–H groups in total. The van der Waals surface area contributed by atoms with E-state index in [-0.39, 0.29) is 0 Å². The van der Waals surface area contributed by atoms with Gasteiger partial charge >= 0.3 is 0 Å². The van der Waals surface area contributed by atoms with Crippen molar-refractivity contribution in [3.05, 3.63) is 33.5 Å². The van der Waals surface area contributed by atoms with Gasteiger partial charge in [-0.3, -0.25) is 4.79 Å². The van der Waals surface area contributed by atoms with E-state index in [0.717, 1.165) is 51.5 Å². The van der Waals surface area contributed by atoms with Crippen molar-refractivity contribution in [2.45, 2.75) is 51.0 Å². The van der Waals surface area contributed by atoms with Crippen LogP contribution in [0.5, 0.6) is 0 Å². The van der Waals surface area contributed by atoms with Gasteiger partial charge in [0, 0.05) is 23.9 Å². The number of thiophene rings is 1. The SMILES string of the molecule is O=C1CCCC2=C1CC[C@@H](NCCc1cccs1)C2. The van der Waals surface area contributed by atoms with E-state index in [4.69, 9.17) is 0 Å².